The maximum absolute atomic E-state index is 13.6. The number of benzene rings is 1. The number of carbonyl (C=O) groups is 1. The molecular formula is C14H19FN2O4S. The molecule has 1 atom stereocenters. The SMILES string of the molecule is CS(=O)(=O)Nc1cc(C(=O)NCC2CCCCO2)ccc1F. The van der Waals surface area contributed by atoms with Crippen molar-refractivity contribution in [3.05, 3.63) is 29.6 Å². The fraction of sp³-hybridized carbons (Fsp3) is 0.500. The molecule has 22 heavy (non-hydrogen) atoms. The first kappa shape index (κ1) is 16.7. The summed E-state index contributed by atoms with van der Waals surface area (Å²) < 4.78 is 43.5. The van der Waals surface area contributed by atoms with Crippen LogP contribution in [-0.4, -0.2) is 39.8 Å². The van der Waals surface area contributed by atoms with Gasteiger partial charge in [0.05, 0.1) is 18.0 Å². The lowest BCUT2D eigenvalue weighted by molar-refractivity contribution is 0.0169. The molecule has 1 saturated heterocycles. The largest absolute Gasteiger partial charge is 0.376 e. The Kier molecular flexibility index (Phi) is 5.36. The second-order valence-electron chi connectivity index (χ2n) is 5.27. The van der Waals surface area contributed by atoms with Gasteiger partial charge in [0.1, 0.15) is 5.82 Å². The maximum atomic E-state index is 13.6. The quantitative estimate of drug-likeness (QED) is 0.857. The third-order valence-electron chi connectivity index (χ3n) is 3.29. The van der Waals surface area contributed by atoms with E-state index in [-0.39, 0.29) is 17.4 Å². The Hall–Kier alpha value is -1.67. The van der Waals surface area contributed by atoms with E-state index in [1.807, 2.05) is 4.72 Å². The zero-order valence-corrected chi connectivity index (χ0v) is 13.1. The first-order valence-corrected chi connectivity index (χ1v) is 8.91. The summed E-state index contributed by atoms with van der Waals surface area (Å²) in [5, 5.41) is 2.71. The Balaban J connectivity index is 2.01. The van der Waals surface area contributed by atoms with Crippen LogP contribution in [0.2, 0.25) is 0 Å². The van der Waals surface area contributed by atoms with Gasteiger partial charge in [-0.05, 0) is 37.5 Å². The summed E-state index contributed by atoms with van der Waals surface area (Å²) in [5.74, 6) is -1.14. The highest BCUT2D eigenvalue weighted by molar-refractivity contribution is 7.92. The number of hydrogen-bond donors (Lipinski definition) is 2. The molecule has 1 unspecified atom stereocenters. The van der Waals surface area contributed by atoms with Gasteiger partial charge < -0.3 is 10.1 Å². The van der Waals surface area contributed by atoms with Crippen LogP contribution in [0.1, 0.15) is 29.6 Å². The minimum Gasteiger partial charge on any atom is -0.376 e. The van der Waals surface area contributed by atoms with E-state index in [1.54, 1.807) is 0 Å². The maximum Gasteiger partial charge on any atom is 0.251 e. The summed E-state index contributed by atoms with van der Waals surface area (Å²) in [6, 6.07) is 3.53. The monoisotopic (exact) mass is 330 g/mol. The summed E-state index contributed by atoms with van der Waals surface area (Å²) in [4.78, 5) is 12.1. The molecule has 2 rings (SSSR count). The third kappa shape index (κ3) is 4.96. The molecule has 8 heteroatoms. The van der Waals surface area contributed by atoms with Crippen LogP contribution < -0.4 is 10.0 Å². The van der Waals surface area contributed by atoms with E-state index in [2.05, 4.69) is 5.32 Å². The van der Waals surface area contributed by atoms with Crippen LogP contribution in [-0.2, 0) is 14.8 Å². The molecule has 0 radical (unpaired) electrons. The summed E-state index contributed by atoms with van der Waals surface area (Å²) in [6.07, 6.45) is 3.90. The number of nitrogens with one attached hydrogen (secondary N) is 2. The van der Waals surface area contributed by atoms with E-state index in [9.17, 15) is 17.6 Å². The molecule has 1 aromatic rings. The van der Waals surface area contributed by atoms with Crippen molar-refractivity contribution in [3.63, 3.8) is 0 Å². The Labute approximate surface area is 129 Å². The van der Waals surface area contributed by atoms with E-state index in [0.717, 1.165) is 31.6 Å². The van der Waals surface area contributed by atoms with Crippen molar-refractivity contribution in [2.75, 3.05) is 24.1 Å². The van der Waals surface area contributed by atoms with Crippen LogP contribution in [0.15, 0.2) is 18.2 Å². The number of anilines is 1. The van der Waals surface area contributed by atoms with Crippen LogP contribution in [0, 0.1) is 5.82 Å². The smallest absolute Gasteiger partial charge is 0.251 e. The molecule has 1 heterocycles. The van der Waals surface area contributed by atoms with Crippen molar-refractivity contribution in [2.45, 2.75) is 25.4 Å². The molecule has 1 aliphatic heterocycles. The number of carbonyl (C=O) groups excluding carboxylic acids is 1. The number of halogens is 1. The third-order valence-corrected chi connectivity index (χ3v) is 3.88. The minimum atomic E-state index is -3.61. The predicted molar refractivity (Wildman–Crippen MR) is 80.8 cm³/mol. The van der Waals surface area contributed by atoms with Crippen molar-refractivity contribution in [1.29, 1.82) is 0 Å². The van der Waals surface area contributed by atoms with Crippen LogP contribution in [0.3, 0.4) is 0 Å². The first-order valence-electron chi connectivity index (χ1n) is 7.02. The van der Waals surface area contributed by atoms with Crippen molar-refractivity contribution < 1.29 is 22.3 Å². The van der Waals surface area contributed by atoms with E-state index >= 15 is 0 Å². The van der Waals surface area contributed by atoms with Gasteiger partial charge in [-0.2, -0.15) is 0 Å². The van der Waals surface area contributed by atoms with Gasteiger partial charge >= 0.3 is 0 Å². The van der Waals surface area contributed by atoms with Gasteiger partial charge in [0, 0.05) is 18.7 Å². The molecule has 1 aliphatic rings. The highest BCUT2D eigenvalue weighted by Gasteiger charge is 2.16. The molecule has 1 aromatic carbocycles. The summed E-state index contributed by atoms with van der Waals surface area (Å²) in [6.45, 7) is 1.07. The van der Waals surface area contributed by atoms with Gasteiger partial charge in [0.15, 0.2) is 0 Å². The fourth-order valence-corrected chi connectivity index (χ4v) is 2.78. The number of rotatable bonds is 5. The lowest BCUT2D eigenvalue weighted by Gasteiger charge is -2.22. The van der Waals surface area contributed by atoms with E-state index < -0.39 is 21.7 Å². The van der Waals surface area contributed by atoms with Gasteiger partial charge in [-0.25, -0.2) is 12.8 Å². The van der Waals surface area contributed by atoms with E-state index in [4.69, 9.17) is 4.74 Å². The number of ether oxygens (including phenoxy) is 1. The molecule has 1 amide bonds. The lowest BCUT2D eigenvalue weighted by atomic mass is 10.1. The zero-order chi connectivity index (χ0) is 16.2. The van der Waals surface area contributed by atoms with E-state index in [0.29, 0.717) is 13.2 Å². The van der Waals surface area contributed by atoms with Crippen LogP contribution in [0.25, 0.3) is 0 Å². The highest BCUT2D eigenvalue weighted by atomic mass is 32.2. The Morgan fingerprint density at radius 3 is 2.82 bits per heavy atom. The Morgan fingerprint density at radius 2 is 2.18 bits per heavy atom. The van der Waals surface area contributed by atoms with Crippen LogP contribution >= 0.6 is 0 Å². The molecular weight excluding hydrogens is 311 g/mol. The average Bonchev–Trinajstić information content (AvgIpc) is 2.47. The number of sulfonamides is 1. The number of amides is 1. The Bertz CT molecular complexity index is 642. The van der Waals surface area contributed by atoms with Crippen LogP contribution in [0.5, 0.6) is 0 Å². The summed E-state index contributed by atoms with van der Waals surface area (Å²) >= 11 is 0. The lowest BCUT2D eigenvalue weighted by Crippen LogP contribution is -2.35. The molecule has 122 valence electrons. The molecule has 0 spiro atoms. The van der Waals surface area contributed by atoms with Gasteiger partial charge in [-0.15, -0.1) is 0 Å². The van der Waals surface area contributed by atoms with Crippen molar-refractivity contribution in [1.82, 2.24) is 5.32 Å². The van der Waals surface area contributed by atoms with Gasteiger partial charge in [-0.1, -0.05) is 0 Å². The second kappa shape index (κ2) is 7.06. The summed E-state index contributed by atoms with van der Waals surface area (Å²) in [5.41, 5.74) is -0.0626. The fourth-order valence-electron chi connectivity index (χ4n) is 2.22. The normalized spacial score (nSPS) is 18.7. The predicted octanol–water partition coefficient (Wildman–Crippen LogP) is 1.50. The Morgan fingerprint density at radius 1 is 1.41 bits per heavy atom. The molecule has 0 aliphatic carbocycles. The first-order chi connectivity index (χ1) is 10.3. The summed E-state index contributed by atoms with van der Waals surface area (Å²) in [7, 11) is -3.61. The van der Waals surface area contributed by atoms with Crippen molar-refractivity contribution >= 4 is 21.6 Å². The molecule has 1 fully saturated rings. The molecule has 0 bridgehead atoms. The highest BCUT2D eigenvalue weighted by Crippen LogP contribution is 2.17. The van der Waals surface area contributed by atoms with E-state index in [1.165, 1.54) is 12.1 Å². The van der Waals surface area contributed by atoms with Crippen LogP contribution in [0.4, 0.5) is 10.1 Å². The molecule has 0 aromatic heterocycles. The molecule has 0 saturated carbocycles. The molecule has 2 N–H and O–H groups in total. The zero-order valence-electron chi connectivity index (χ0n) is 12.3. The van der Waals surface area contributed by atoms with Crippen molar-refractivity contribution in [2.24, 2.45) is 0 Å². The topological polar surface area (TPSA) is 84.5 Å². The average molecular weight is 330 g/mol. The standard InChI is InChI=1S/C14H19FN2O4S/c1-22(19,20)17-13-8-10(5-6-12(13)15)14(18)16-9-11-4-2-3-7-21-11/h5-6,8,11,17H,2-4,7,9H2,1H3,(H,16,18). The van der Waals surface area contributed by atoms with Gasteiger partial charge in [-0.3, -0.25) is 9.52 Å². The molecule has 6 nitrogen and oxygen atoms in total. The van der Waals surface area contributed by atoms with Gasteiger partial charge in [0.2, 0.25) is 10.0 Å². The second-order valence-corrected chi connectivity index (χ2v) is 7.02. The number of hydrogen-bond acceptors (Lipinski definition) is 4. The van der Waals surface area contributed by atoms with Gasteiger partial charge in [0.25, 0.3) is 5.91 Å². The minimum absolute atomic E-state index is 0.00763. The van der Waals surface area contributed by atoms with Crippen molar-refractivity contribution in [3.8, 4) is 0 Å².